The zero-order valence-electron chi connectivity index (χ0n) is 12.5. The van der Waals surface area contributed by atoms with Gasteiger partial charge in [-0.25, -0.2) is 0 Å². The molecule has 4 rings (SSSR count). The van der Waals surface area contributed by atoms with Gasteiger partial charge in [-0.2, -0.15) is 0 Å². The second-order valence-electron chi connectivity index (χ2n) is 7.59. The molecule has 0 saturated heterocycles. The number of hydrogen-bond acceptors (Lipinski definition) is 3. The molecule has 0 aliphatic heterocycles. The van der Waals surface area contributed by atoms with E-state index in [1.54, 1.807) is 6.07 Å². The van der Waals surface area contributed by atoms with Gasteiger partial charge >= 0.3 is 0 Å². The fourth-order valence-corrected chi connectivity index (χ4v) is 5.56. The number of aliphatic hydroxyl groups excluding tert-OH is 2. The van der Waals surface area contributed by atoms with E-state index in [1.807, 2.05) is 6.07 Å². The van der Waals surface area contributed by atoms with Crippen LogP contribution in [0.3, 0.4) is 0 Å². The molecule has 3 nitrogen and oxygen atoms in total. The molecule has 0 unspecified atom stereocenters. The first-order valence-electron chi connectivity index (χ1n) is 8.18. The summed E-state index contributed by atoms with van der Waals surface area (Å²) in [6, 6.07) is 5.80. The number of phenolic OH excluding ortho intramolecular Hbond substituents is 1. The molecule has 114 valence electrons. The molecule has 6 atom stereocenters. The number of hydrogen-bond donors (Lipinski definition) is 3. The predicted octanol–water partition coefficient (Wildman–Crippen LogP) is 2.58. The van der Waals surface area contributed by atoms with E-state index in [9.17, 15) is 15.3 Å². The van der Waals surface area contributed by atoms with E-state index in [0.29, 0.717) is 23.5 Å². The average molecular weight is 288 g/mol. The molecule has 0 heterocycles. The van der Waals surface area contributed by atoms with Gasteiger partial charge in [-0.1, -0.05) is 13.0 Å². The summed E-state index contributed by atoms with van der Waals surface area (Å²) < 4.78 is 0. The highest BCUT2D eigenvalue weighted by molar-refractivity contribution is 5.40. The van der Waals surface area contributed by atoms with E-state index < -0.39 is 12.2 Å². The van der Waals surface area contributed by atoms with Crippen LogP contribution in [-0.4, -0.2) is 27.5 Å². The Hall–Kier alpha value is -1.06. The molecular formula is C18H24O3. The van der Waals surface area contributed by atoms with Crippen molar-refractivity contribution in [3.8, 4) is 5.75 Å². The summed E-state index contributed by atoms with van der Waals surface area (Å²) in [7, 11) is 0. The van der Waals surface area contributed by atoms with Gasteiger partial charge in [-0.3, -0.25) is 0 Å². The Kier molecular flexibility index (Phi) is 2.89. The molecule has 3 aliphatic rings. The van der Waals surface area contributed by atoms with Gasteiger partial charge in [0.2, 0.25) is 0 Å². The van der Waals surface area contributed by atoms with Crippen molar-refractivity contribution in [3.63, 3.8) is 0 Å². The lowest BCUT2D eigenvalue weighted by Crippen LogP contribution is -2.44. The van der Waals surface area contributed by atoms with Crippen molar-refractivity contribution >= 4 is 0 Å². The molecule has 0 radical (unpaired) electrons. The summed E-state index contributed by atoms with van der Waals surface area (Å²) in [4.78, 5) is 0. The van der Waals surface area contributed by atoms with Gasteiger partial charge in [-0.15, -0.1) is 0 Å². The van der Waals surface area contributed by atoms with Gasteiger partial charge in [0.05, 0.1) is 12.2 Å². The van der Waals surface area contributed by atoms with Crippen LogP contribution in [0.4, 0.5) is 0 Å². The Morgan fingerprint density at radius 2 is 2.00 bits per heavy atom. The van der Waals surface area contributed by atoms with Gasteiger partial charge in [0.1, 0.15) is 5.75 Å². The minimum atomic E-state index is -0.565. The Morgan fingerprint density at radius 1 is 1.19 bits per heavy atom. The molecule has 21 heavy (non-hydrogen) atoms. The molecule has 1 aromatic rings. The normalized spacial score (nSPS) is 44.8. The van der Waals surface area contributed by atoms with Gasteiger partial charge in [0, 0.05) is 0 Å². The molecule has 3 heteroatoms. The Morgan fingerprint density at radius 3 is 2.81 bits per heavy atom. The summed E-state index contributed by atoms with van der Waals surface area (Å²) in [6.07, 6.45) is 3.80. The maximum absolute atomic E-state index is 10.4. The number of benzene rings is 1. The SMILES string of the molecule is C[C@]12CC[C@H]3c4ccc(O)cc4CC[C@H]3[C@H]1C[C@@H](O)[C@@H]2O. The number of aliphatic hydroxyl groups is 2. The molecule has 3 N–H and O–H groups in total. The highest BCUT2D eigenvalue weighted by Crippen LogP contribution is 2.60. The first-order valence-corrected chi connectivity index (χ1v) is 8.18. The lowest BCUT2D eigenvalue weighted by Gasteiger charge is -2.49. The minimum absolute atomic E-state index is 0.116. The Labute approximate surface area is 125 Å². The molecule has 1 aromatic carbocycles. The van der Waals surface area contributed by atoms with Gasteiger partial charge in [0.25, 0.3) is 0 Å². The molecule has 0 bridgehead atoms. The molecule has 0 amide bonds. The highest BCUT2D eigenvalue weighted by atomic mass is 16.3. The van der Waals surface area contributed by atoms with Gasteiger partial charge in [0.15, 0.2) is 0 Å². The van der Waals surface area contributed by atoms with E-state index in [0.717, 1.165) is 32.1 Å². The highest BCUT2D eigenvalue weighted by Gasteiger charge is 2.57. The topological polar surface area (TPSA) is 60.7 Å². The zero-order chi connectivity index (χ0) is 14.8. The number of rotatable bonds is 0. The smallest absolute Gasteiger partial charge is 0.115 e. The largest absolute Gasteiger partial charge is 0.508 e. The first kappa shape index (κ1) is 13.6. The Balaban J connectivity index is 1.71. The summed E-state index contributed by atoms with van der Waals surface area (Å²) >= 11 is 0. The third kappa shape index (κ3) is 1.80. The molecule has 0 aromatic heterocycles. The van der Waals surface area contributed by atoms with Crippen LogP contribution in [0.15, 0.2) is 18.2 Å². The number of aryl methyl sites for hydroxylation is 1. The monoisotopic (exact) mass is 288 g/mol. The quantitative estimate of drug-likeness (QED) is 0.687. The number of fused-ring (bicyclic) bond motifs is 5. The molecule has 2 fully saturated rings. The minimum Gasteiger partial charge on any atom is -0.508 e. The second-order valence-corrected chi connectivity index (χ2v) is 7.59. The van der Waals surface area contributed by atoms with E-state index >= 15 is 0 Å². The third-order valence-electron chi connectivity index (χ3n) is 6.68. The number of phenols is 1. The summed E-state index contributed by atoms with van der Waals surface area (Å²) in [5.74, 6) is 1.88. The fraction of sp³-hybridized carbons (Fsp3) is 0.667. The van der Waals surface area contributed by atoms with Crippen LogP contribution in [-0.2, 0) is 6.42 Å². The van der Waals surface area contributed by atoms with Crippen LogP contribution in [0.1, 0.15) is 49.7 Å². The Bertz CT molecular complexity index is 570. The van der Waals surface area contributed by atoms with Gasteiger partial charge < -0.3 is 15.3 Å². The summed E-state index contributed by atoms with van der Waals surface area (Å²) in [6.45, 7) is 2.17. The van der Waals surface area contributed by atoms with Crippen molar-refractivity contribution in [2.45, 2.75) is 57.2 Å². The molecule has 2 saturated carbocycles. The van der Waals surface area contributed by atoms with E-state index in [1.165, 1.54) is 11.1 Å². The molecular weight excluding hydrogens is 264 g/mol. The lowest BCUT2D eigenvalue weighted by molar-refractivity contribution is -0.0505. The van der Waals surface area contributed by atoms with Crippen molar-refractivity contribution in [1.82, 2.24) is 0 Å². The average Bonchev–Trinajstić information content (AvgIpc) is 2.70. The second kappa shape index (κ2) is 4.47. The van der Waals surface area contributed by atoms with Crippen molar-refractivity contribution in [2.24, 2.45) is 17.3 Å². The maximum atomic E-state index is 10.4. The zero-order valence-corrected chi connectivity index (χ0v) is 12.5. The van der Waals surface area contributed by atoms with E-state index in [-0.39, 0.29) is 5.41 Å². The first-order chi connectivity index (χ1) is 10.0. The molecule has 0 spiro atoms. The van der Waals surface area contributed by atoms with Crippen LogP contribution < -0.4 is 0 Å². The van der Waals surface area contributed by atoms with Gasteiger partial charge in [-0.05, 0) is 78.5 Å². The maximum Gasteiger partial charge on any atom is 0.115 e. The number of aromatic hydroxyl groups is 1. The van der Waals surface area contributed by atoms with Crippen LogP contribution in [0, 0.1) is 17.3 Å². The third-order valence-corrected chi connectivity index (χ3v) is 6.68. The lowest BCUT2D eigenvalue weighted by atomic mass is 9.55. The predicted molar refractivity (Wildman–Crippen MR) is 80.1 cm³/mol. The fourth-order valence-electron chi connectivity index (χ4n) is 5.56. The van der Waals surface area contributed by atoms with Crippen LogP contribution in [0.25, 0.3) is 0 Å². The van der Waals surface area contributed by atoms with Crippen LogP contribution in [0.5, 0.6) is 5.75 Å². The van der Waals surface area contributed by atoms with Crippen molar-refractivity contribution in [3.05, 3.63) is 29.3 Å². The van der Waals surface area contributed by atoms with Crippen molar-refractivity contribution < 1.29 is 15.3 Å². The van der Waals surface area contributed by atoms with E-state index in [2.05, 4.69) is 13.0 Å². The standard InChI is InChI=1S/C18H24O3/c1-18-7-6-13-12-5-3-11(19)8-10(12)2-4-14(13)15(18)9-16(20)17(18)21/h3,5,8,13-17,19-21H,2,4,6-7,9H2,1H3/t13-,14+,15+,16+,17-,18-/m0/s1. The van der Waals surface area contributed by atoms with E-state index in [4.69, 9.17) is 0 Å². The summed E-state index contributed by atoms with van der Waals surface area (Å²) in [5.41, 5.74) is 2.57. The van der Waals surface area contributed by atoms with Crippen molar-refractivity contribution in [2.75, 3.05) is 0 Å². The van der Waals surface area contributed by atoms with Crippen LogP contribution in [0.2, 0.25) is 0 Å². The van der Waals surface area contributed by atoms with Crippen molar-refractivity contribution in [1.29, 1.82) is 0 Å². The van der Waals surface area contributed by atoms with Crippen LogP contribution >= 0.6 is 0 Å². The summed E-state index contributed by atoms with van der Waals surface area (Å²) in [5, 5.41) is 30.2. The molecule has 3 aliphatic carbocycles.